The molecule has 0 amide bonds. The van der Waals surface area contributed by atoms with E-state index in [4.69, 9.17) is 0 Å². The van der Waals surface area contributed by atoms with Gasteiger partial charge in [0.1, 0.15) is 0 Å². The van der Waals surface area contributed by atoms with E-state index < -0.39 is 0 Å². The van der Waals surface area contributed by atoms with Crippen molar-refractivity contribution in [1.82, 2.24) is 0 Å². The number of rotatable bonds is 20. The molecular formula is C66H68N2. The standard InChI is InChI=1S/C66H68N2/c1-5-9-25-49-41-50(26-10-6-2)44-59(43-49)67(55-33-21-15-22-34-55)57-37-39-61-63(47-57)65(53-29-17-13-18-30-53)62-40-38-58(48-64(62)66(61)54-31-19-14-20-32-54)68(56-35-23-16-24-36-56)60-45-51(27-11-7-3)42-52(46-60)28-12-8-4/h13-24,29-48H,5-12,25-28H2,1-4H3. The molecule has 0 saturated heterocycles. The highest BCUT2D eigenvalue weighted by Gasteiger charge is 2.23. The Labute approximate surface area is 406 Å². The first-order chi connectivity index (χ1) is 33.6. The lowest BCUT2D eigenvalue weighted by atomic mass is 9.85. The number of para-hydroxylation sites is 2. The van der Waals surface area contributed by atoms with Crippen molar-refractivity contribution in [3.05, 3.63) is 216 Å². The van der Waals surface area contributed by atoms with Gasteiger partial charge >= 0.3 is 0 Å². The van der Waals surface area contributed by atoms with Crippen molar-refractivity contribution in [3.63, 3.8) is 0 Å². The molecule has 68 heavy (non-hydrogen) atoms. The first-order valence-electron chi connectivity index (χ1n) is 25.7. The van der Waals surface area contributed by atoms with E-state index in [1.165, 1.54) is 129 Å². The number of benzene rings is 9. The molecule has 9 aromatic carbocycles. The van der Waals surface area contributed by atoms with E-state index in [0.717, 1.165) is 48.4 Å². The zero-order valence-corrected chi connectivity index (χ0v) is 40.9. The van der Waals surface area contributed by atoms with Crippen LogP contribution in [-0.2, 0) is 25.7 Å². The minimum absolute atomic E-state index is 1.09. The second-order valence-electron chi connectivity index (χ2n) is 18.7. The van der Waals surface area contributed by atoms with Crippen molar-refractivity contribution < 1.29 is 0 Å². The van der Waals surface area contributed by atoms with E-state index in [-0.39, 0.29) is 0 Å². The first-order valence-corrected chi connectivity index (χ1v) is 25.7. The maximum atomic E-state index is 2.50. The number of fused-ring (bicyclic) bond motifs is 2. The lowest BCUT2D eigenvalue weighted by molar-refractivity contribution is 0.780. The summed E-state index contributed by atoms with van der Waals surface area (Å²) >= 11 is 0. The lowest BCUT2D eigenvalue weighted by Crippen LogP contribution is -2.11. The fraction of sp³-hybridized carbons (Fsp3) is 0.242. The van der Waals surface area contributed by atoms with Crippen LogP contribution in [-0.4, -0.2) is 0 Å². The topological polar surface area (TPSA) is 6.48 Å². The molecule has 0 aromatic heterocycles. The van der Waals surface area contributed by atoms with Crippen molar-refractivity contribution in [2.24, 2.45) is 0 Å². The van der Waals surface area contributed by atoms with Crippen molar-refractivity contribution >= 4 is 55.7 Å². The minimum atomic E-state index is 1.09. The largest absolute Gasteiger partial charge is 0.310 e. The van der Waals surface area contributed by atoms with Gasteiger partial charge in [-0.2, -0.15) is 0 Å². The van der Waals surface area contributed by atoms with Crippen LogP contribution in [0.1, 0.15) is 101 Å². The Morgan fingerprint density at radius 3 is 0.882 bits per heavy atom. The fourth-order valence-electron chi connectivity index (χ4n) is 10.2. The number of aryl methyl sites for hydroxylation is 4. The Bertz CT molecular complexity index is 2780. The number of anilines is 6. The summed E-state index contributed by atoms with van der Waals surface area (Å²) in [6.45, 7) is 9.18. The summed E-state index contributed by atoms with van der Waals surface area (Å²) in [6, 6.07) is 73.4. The van der Waals surface area contributed by atoms with Gasteiger partial charge in [-0.05, 0) is 190 Å². The SMILES string of the molecule is CCCCc1cc(CCCC)cc(N(c2ccccc2)c2ccc3c(-c4ccccc4)c4cc(N(c5ccccc5)c5cc(CCCC)cc(CCCC)c5)ccc4c(-c4ccccc4)c3c2)c1. The maximum Gasteiger partial charge on any atom is 0.0468 e. The summed E-state index contributed by atoms with van der Waals surface area (Å²) in [5.41, 5.74) is 17.7. The maximum absolute atomic E-state index is 2.50. The molecule has 0 N–H and O–H groups in total. The van der Waals surface area contributed by atoms with Crippen LogP contribution in [0.25, 0.3) is 43.8 Å². The van der Waals surface area contributed by atoms with Crippen LogP contribution >= 0.6 is 0 Å². The van der Waals surface area contributed by atoms with Crippen LogP contribution in [0.5, 0.6) is 0 Å². The average molecular weight is 889 g/mol. The Morgan fingerprint density at radius 1 is 0.265 bits per heavy atom. The van der Waals surface area contributed by atoms with Crippen LogP contribution in [0.15, 0.2) is 194 Å². The van der Waals surface area contributed by atoms with Gasteiger partial charge in [0, 0.05) is 34.1 Å². The van der Waals surface area contributed by atoms with E-state index in [2.05, 4.69) is 232 Å². The zero-order valence-electron chi connectivity index (χ0n) is 40.9. The van der Waals surface area contributed by atoms with Crippen molar-refractivity contribution in [3.8, 4) is 22.3 Å². The number of nitrogens with zero attached hydrogens (tertiary/aromatic N) is 2. The fourth-order valence-corrected chi connectivity index (χ4v) is 10.2. The Kier molecular flexibility index (Phi) is 15.1. The molecule has 0 atom stereocenters. The smallest absolute Gasteiger partial charge is 0.0468 e. The summed E-state index contributed by atoms with van der Waals surface area (Å²) in [6.07, 6.45) is 13.8. The summed E-state index contributed by atoms with van der Waals surface area (Å²) < 4.78 is 0. The molecule has 0 unspecified atom stereocenters. The molecule has 0 heterocycles. The van der Waals surface area contributed by atoms with Crippen LogP contribution in [0.4, 0.5) is 34.1 Å². The van der Waals surface area contributed by atoms with Gasteiger partial charge in [-0.3, -0.25) is 0 Å². The van der Waals surface area contributed by atoms with Crippen molar-refractivity contribution in [1.29, 1.82) is 0 Å². The number of hydrogen-bond donors (Lipinski definition) is 0. The minimum Gasteiger partial charge on any atom is -0.310 e. The second-order valence-corrected chi connectivity index (χ2v) is 18.7. The first kappa shape index (κ1) is 46.2. The van der Waals surface area contributed by atoms with Crippen LogP contribution < -0.4 is 9.80 Å². The van der Waals surface area contributed by atoms with Crippen LogP contribution in [0.2, 0.25) is 0 Å². The van der Waals surface area contributed by atoms with Gasteiger partial charge < -0.3 is 9.80 Å². The van der Waals surface area contributed by atoms with Gasteiger partial charge in [-0.1, -0.05) is 175 Å². The summed E-state index contributed by atoms with van der Waals surface area (Å²) in [7, 11) is 0. The molecule has 0 bridgehead atoms. The van der Waals surface area contributed by atoms with Gasteiger partial charge in [0.15, 0.2) is 0 Å². The molecule has 0 spiro atoms. The Morgan fingerprint density at radius 2 is 0.574 bits per heavy atom. The molecule has 9 rings (SSSR count). The highest BCUT2D eigenvalue weighted by Crippen LogP contribution is 2.48. The average Bonchev–Trinajstić information content (AvgIpc) is 3.39. The van der Waals surface area contributed by atoms with E-state index in [1.54, 1.807) is 0 Å². The van der Waals surface area contributed by atoms with Crippen molar-refractivity contribution in [2.45, 2.75) is 105 Å². The third kappa shape index (κ3) is 10.3. The summed E-state index contributed by atoms with van der Waals surface area (Å²) in [5.74, 6) is 0. The third-order valence-corrected chi connectivity index (χ3v) is 13.6. The van der Waals surface area contributed by atoms with E-state index >= 15 is 0 Å². The normalized spacial score (nSPS) is 11.4. The second kappa shape index (κ2) is 22.3. The molecule has 0 aliphatic carbocycles. The monoisotopic (exact) mass is 889 g/mol. The molecule has 0 radical (unpaired) electrons. The van der Waals surface area contributed by atoms with Gasteiger partial charge in [-0.25, -0.2) is 0 Å². The molecule has 2 nitrogen and oxygen atoms in total. The summed E-state index contributed by atoms with van der Waals surface area (Å²) in [5, 5.41) is 4.97. The van der Waals surface area contributed by atoms with Gasteiger partial charge in [-0.15, -0.1) is 0 Å². The molecule has 9 aromatic rings. The Hall–Kier alpha value is -6.90. The molecule has 342 valence electrons. The highest BCUT2D eigenvalue weighted by atomic mass is 15.1. The van der Waals surface area contributed by atoms with Crippen LogP contribution in [0, 0.1) is 0 Å². The lowest BCUT2D eigenvalue weighted by Gasteiger charge is -2.29. The van der Waals surface area contributed by atoms with E-state index in [9.17, 15) is 0 Å². The molecule has 2 heteroatoms. The molecule has 0 fully saturated rings. The predicted octanol–water partition coefficient (Wildman–Crippen LogP) is 19.6. The number of hydrogen-bond acceptors (Lipinski definition) is 2. The number of unbranched alkanes of at least 4 members (excludes halogenated alkanes) is 4. The highest BCUT2D eigenvalue weighted by molar-refractivity contribution is 6.22. The van der Waals surface area contributed by atoms with E-state index in [1.807, 2.05) is 0 Å². The molecule has 0 saturated carbocycles. The quantitative estimate of drug-likeness (QED) is 0.0704. The van der Waals surface area contributed by atoms with Gasteiger partial charge in [0.2, 0.25) is 0 Å². The Balaban J connectivity index is 1.32. The van der Waals surface area contributed by atoms with Crippen LogP contribution in [0.3, 0.4) is 0 Å². The molecule has 0 aliphatic heterocycles. The summed E-state index contributed by atoms with van der Waals surface area (Å²) in [4.78, 5) is 4.99. The van der Waals surface area contributed by atoms with Gasteiger partial charge in [0.25, 0.3) is 0 Å². The zero-order chi connectivity index (χ0) is 46.7. The predicted molar refractivity (Wildman–Crippen MR) is 296 cm³/mol. The molecule has 0 aliphatic rings. The van der Waals surface area contributed by atoms with E-state index in [0.29, 0.717) is 0 Å². The van der Waals surface area contributed by atoms with Crippen molar-refractivity contribution in [2.75, 3.05) is 9.80 Å². The molecular weight excluding hydrogens is 821 g/mol. The van der Waals surface area contributed by atoms with Gasteiger partial charge in [0.05, 0.1) is 0 Å². The third-order valence-electron chi connectivity index (χ3n) is 13.6.